The van der Waals surface area contributed by atoms with Gasteiger partial charge in [-0.15, -0.1) is 0 Å². The first kappa shape index (κ1) is 37.8. The molecule has 0 aromatic carbocycles. The predicted molar refractivity (Wildman–Crippen MR) is 157 cm³/mol. The maximum atomic E-state index is 11.3. The molecule has 0 heterocycles. The van der Waals surface area contributed by atoms with Crippen molar-refractivity contribution in [1.29, 1.82) is 0 Å². The highest BCUT2D eigenvalue weighted by atomic mass is 32.3. The smallest absolute Gasteiger partial charge is 0.384 e. The number of hydrogen-bond acceptors (Lipinski definition) is 6. The normalized spacial score (nSPS) is 13.7. The second-order valence-corrected chi connectivity index (χ2v) is 12.1. The van der Waals surface area contributed by atoms with Crippen molar-refractivity contribution in [2.24, 2.45) is 5.41 Å². The first-order valence-corrected chi connectivity index (χ1v) is 17.0. The third-order valence-electron chi connectivity index (χ3n) is 7.15. The van der Waals surface area contributed by atoms with E-state index in [0.29, 0.717) is 19.8 Å². The van der Waals surface area contributed by atoms with E-state index in [1.807, 2.05) is 0 Å². The average Bonchev–Trinajstić information content (AvgIpc) is 2.88. The Hall–Kier alpha value is -0.250. The van der Waals surface area contributed by atoms with Gasteiger partial charge in [-0.25, -0.2) is 4.18 Å². The summed E-state index contributed by atoms with van der Waals surface area (Å²) in [7, 11) is -2.91. The van der Waals surface area contributed by atoms with Crippen molar-refractivity contribution in [2.75, 3.05) is 46.8 Å². The lowest BCUT2D eigenvalue weighted by Gasteiger charge is -2.32. The van der Waals surface area contributed by atoms with Crippen LogP contribution in [0.3, 0.4) is 0 Å². The highest BCUT2D eigenvalue weighted by Gasteiger charge is 2.33. The van der Waals surface area contributed by atoms with E-state index in [2.05, 4.69) is 13.8 Å². The summed E-state index contributed by atoms with van der Waals surface area (Å²) in [5, 5.41) is 0. The molecule has 0 aliphatic rings. The molecule has 0 aromatic rings. The molecule has 0 bridgehead atoms. The summed E-state index contributed by atoms with van der Waals surface area (Å²) in [6, 6.07) is 0. The standard InChI is InChI=1S/C30H62O7S/c1-4-6-8-10-11-12-13-14-17-22-26-36-28-30(27-34-3,29-37-38(31,32)33)23-19-16-15-18-21-25-35-24-20-9-7-5-2/h4-29H2,1-3H3,(H,31,32,33)/t30-/m1/s1. The second kappa shape index (κ2) is 26.9. The quantitative estimate of drug-likeness (QED) is 0.0666. The van der Waals surface area contributed by atoms with Crippen LogP contribution in [0.5, 0.6) is 0 Å². The van der Waals surface area contributed by atoms with Crippen LogP contribution in [0.1, 0.15) is 142 Å². The maximum Gasteiger partial charge on any atom is 0.397 e. The Morgan fingerprint density at radius 1 is 0.553 bits per heavy atom. The number of ether oxygens (including phenoxy) is 3. The molecule has 0 radical (unpaired) electrons. The first-order valence-electron chi connectivity index (χ1n) is 15.7. The molecular weight excluding hydrogens is 504 g/mol. The van der Waals surface area contributed by atoms with Crippen molar-refractivity contribution in [3.63, 3.8) is 0 Å². The monoisotopic (exact) mass is 566 g/mol. The van der Waals surface area contributed by atoms with E-state index in [9.17, 15) is 8.42 Å². The molecule has 0 spiro atoms. The van der Waals surface area contributed by atoms with Gasteiger partial charge in [0.25, 0.3) is 0 Å². The third-order valence-corrected chi connectivity index (χ3v) is 7.57. The van der Waals surface area contributed by atoms with Crippen LogP contribution in [-0.4, -0.2) is 59.7 Å². The van der Waals surface area contributed by atoms with Crippen LogP contribution in [0, 0.1) is 5.41 Å². The summed E-state index contributed by atoms with van der Waals surface area (Å²) in [5.41, 5.74) is -0.593. The molecule has 0 amide bonds. The summed E-state index contributed by atoms with van der Waals surface area (Å²) in [6.07, 6.45) is 23.7. The van der Waals surface area contributed by atoms with E-state index in [1.54, 1.807) is 7.11 Å². The van der Waals surface area contributed by atoms with Gasteiger partial charge in [0.15, 0.2) is 0 Å². The molecule has 0 saturated heterocycles. The first-order chi connectivity index (χ1) is 18.4. The Kier molecular flexibility index (Phi) is 26.8. The van der Waals surface area contributed by atoms with Crippen LogP contribution in [-0.2, 0) is 28.8 Å². The molecule has 1 N–H and O–H groups in total. The molecular formula is C30H62O7S. The van der Waals surface area contributed by atoms with Gasteiger partial charge in [-0.3, -0.25) is 4.55 Å². The minimum Gasteiger partial charge on any atom is -0.384 e. The van der Waals surface area contributed by atoms with Crippen molar-refractivity contribution in [3.05, 3.63) is 0 Å². The zero-order valence-electron chi connectivity index (χ0n) is 25.2. The van der Waals surface area contributed by atoms with Gasteiger partial charge in [-0.1, -0.05) is 117 Å². The molecule has 0 aliphatic heterocycles. The van der Waals surface area contributed by atoms with Gasteiger partial charge in [0.05, 0.1) is 19.8 Å². The molecule has 1 atom stereocenters. The van der Waals surface area contributed by atoms with Crippen molar-refractivity contribution >= 4 is 10.4 Å². The molecule has 8 heteroatoms. The molecule has 230 valence electrons. The summed E-state index contributed by atoms with van der Waals surface area (Å²) in [6.45, 7) is 7.36. The largest absolute Gasteiger partial charge is 0.397 e. The SMILES string of the molecule is CCCCCCCCCCCCOC[C@@](CCCCCCCOCCCCCC)(COC)COS(=O)(=O)O. The lowest BCUT2D eigenvalue weighted by molar-refractivity contribution is -0.0409. The Morgan fingerprint density at radius 3 is 1.45 bits per heavy atom. The molecule has 0 saturated carbocycles. The highest BCUT2D eigenvalue weighted by molar-refractivity contribution is 7.80. The topological polar surface area (TPSA) is 91.3 Å². The van der Waals surface area contributed by atoms with Crippen molar-refractivity contribution in [2.45, 2.75) is 142 Å². The Balaban J connectivity index is 4.21. The van der Waals surface area contributed by atoms with Gasteiger partial charge >= 0.3 is 10.4 Å². The summed E-state index contributed by atoms with van der Waals surface area (Å²) in [5.74, 6) is 0. The highest BCUT2D eigenvalue weighted by Crippen LogP contribution is 2.28. The van der Waals surface area contributed by atoms with Crippen LogP contribution in [0.25, 0.3) is 0 Å². The lowest BCUT2D eigenvalue weighted by Crippen LogP contribution is -2.38. The Labute approximate surface area is 236 Å². The van der Waals surface area contributed by atoms with Gasteiger partial charge in [-0.05, 0) is 25.7 Å². The van der Waals surface area contributed by atoms with Gasteiger partial charge < -0.3 is 14.2 Å². The summed E-state index contributed by atoms with van der Waals surface area (Å²) in [4.78, 5) is 0. The van der Waals surface area contributed by atoms with E-state index < -0.39 is 15.8 Å². The predicted octanol–water partition coefficient (Wildman–Crippen LogP) is 8.31. The van der Waals surface area contributed by atoms with E-state index in [-0.39, 0.29) is 6.61 Å². The lowest BCUT2D eigenvalue weighted by atomic mass is 9.84. The van der Waals surface area contributed by atoms with E-state index >= 15 is 0 Å². The van der Waals surface area contributed by atoms with Gasteiger partial charge in [0, 0.05) is 32.3 Å². The number of unbranched alkanes of at least 4 members (excludes halogenated alkanes) is 16. The molecule has 0 rings (SSSR count). The van der Waals surface area contributed by atoms with Gasteiger partial charge in [-0.2, -0.15) is 8.42 Å². The third kappa shape index (κ3) is 26.0. The fourth-order valence-corrected chi connectivity index (χ4v) is 5.19. The van der Waals surface area contributed by atoms with Crippen LogP contribution in [0.4, 0.5) is 0 Å². The van der Waals surface area contributed by atoms with Crippen LogP contribution in [0.15, 0.2) is 0 Å². The molecule has 7 nitrogen and oxygen atoms in total. The minimum absolute atomic E-state index is 0.135. The van der Waals surface area contributed by atoms with Crippen molar-refractivity contribution < 1.29 is 31.4 Å². The van der Waals surface area contributed by atoms with Crippen molar-refractivity contribution in [3.8, 4) is 0 Å². The molecule has 0 unspecified atom stereocenters. The van der Waals surface area contributed by atoms with E-state index in [0.717, 1.165) is 71.0 Å². The average molecular weight is 567 g/mol. The summed E-state index contributed by atoms with van der Waals surface area (Å²) >= 11 is 0. The van der Waals surface area contributed by atoms with Gasteiger partial charge in [0.2, 0.25) is 0 Å². The fraction of sp³-hybridized carbons (Fsp3) is 1.00. The fourth-order valence-electron chi connectivity index (χ4n) is 4.79. The molecule has 0 fully saturated rings. The van der Waals surface area contributed by atoms with E-state index in [1.165, 1.54) is 70.6 Å². The number of hydrogen-bond donors (Lipinski definition) is 1. The zero-order chi connectivity index (χ0) is 28.2. The van der Waals surface area contributed by atoms with Crippen LogP contribution >= 0.6 is 0 Å². The zero-order valence-corrected chi connectivity index (χ0v) is 26.0. The number of rotatable bonds is 31. The Bertz CT molecular complexity index is 555. The minimum atomic E-state index is -4.51. The Morgan fingerprint density at radius 2 is 0.974 bits per heavy atom. The second-order valence-electron chi connectivity index (χ2n) is 11.0. The van der Waals surface area contributed by atoms with Crippen LogP contribution < -0.4 is 0 Å². The van der Waals surface area contributed by atoms with Crippen LogP contribution in [0.2, 0.25) is 0 Å². The summed E-state index contributed by atoms with van der Waals surface area (Å²) < 4.78 is 53.7. The molecule has 0 aliphatic carbocycles. The molecule has 38 heavy (non-hydrogen) atoms. The maximum absolute atomic E-state index is 11.3. The van der Waals surface area contributed by atoms with E-state index in [4.69, 9.17) is 22.9 Å². The number of methoxy groups -OCH3 is 1. The molecule has 0 aromatic heterocycles. The van der Waals surface area contributed by atoms with Crippen molar-refractivity contribution in [1.82, 2.24) is 0 Å². The van der Waals surface area contributed by atoms with Gasteiger partial charge in [0.1, 0.15) is 0 Å².